The summed E-state index contributed by atoms with van der Waals surface area (Å²) in [5, 5.41) is 3.08. The Morgan fingerprint density at radius 3 is 2.41 bits per heavy atom. The topological polar surface area (TPSA) is 75.7 Å². The minimum Gasteiger partial charge on any atom is -0.380 e. The van der Waals surface area contributed by atoms with E-state index in [1.807, 2.05) is 37.3 Å². The summed E-state index contributed by atoms with van der Waals surface area (Å²) < 4.78 is 32.2. The van der Waals surface area contributed by atoms with Crippen LogP contribution in [0.25, 0.3) is 0 Å². The minimum atomic E-state index is -3.35. The Kier molecular flexibility index (Phi) is 8.26. The average molecular weight is 397 g/mol. The van der Waals surface area contributed by atoms with E-state index in [-0.39, 0.29) is 29.5 Å². The number of sulfonamides is 1. The van der Waals surface area contributed by atoms with Crippen LogP contribution in [0.5, 0.6) is 0 Å². The van der Waals surface area contributed by atoms with Crippen molar-refractivity contribution in [3.63, 3.8) is 0 Å². The van der Waals surface area contributed by atoms with Crippen LogP contribution in [0.15, 0.2) is 30.3 Å². The molecule has 0 radical (unpaired) electrons. The van der Waals surface area contributed by atoms with Gasteiger partial charge in [-0.25, -0.2) is 12.7 Å². The minimum absolute atomic E-state index is 0.00788. The van der Waals surface area contributed by atoms with Gasteiger partial charge in [-0.15, -0.1) is 0 Å². The lowest BCUT2D eigenvalue weighted by atomic mass is 9.96. The van der Waals surface area contributed by atoms with E-state index in [1.165, 1.54) is 4.31 Å². The van der Waals surface area contributed by atoms with E-state index >= 15 is 0 Å². The van der Waals surface area contributed by atoms with Crippen LogP contribution in [0.4, 0.5) is 0 Å². The fourth-order valence-corrected chi connectivity index (χ4v) is 4.78. The third kappa shape index (κ3) is 6.59. The second-order valence-electron chi connectivity index (χ2n) is 7.43. The molecule has 1 atom stereocenters. The molecule has 1 aliphatic heterocycles. The number of rotatable bonds is 9. The molecule has 1 saturated heterocycles. The van der Waals surface area contributed by atoms with Crippen LogP contribution in [0.1, 0.15) is 39.2 Å². The molecule has 0 spiro atoms. The first kappa shape index (κ1) is 21.9. The fourth-order valence-electron chi connectivity index (χ4n) is 3.22. The normalized spacial score (nSPS) is 17.8. The van der Waals surface area contributed by atoms with Crippen molar-refractivity contribution in [2.75, 3.05) is 26.3 Å². The second-order valence-corrected chi connectivity index (χ2v) is 9.40. The number of carbonyl (C=O) groups excluding carboxylic acids is 1. The number of nitrogens with one attached hydrogen (secondary N) is 1. The molecule has 1 unspecified atom stereocenters. The van der Waals surface area contributed by atoms with Gasteiger partial charge >= 0.3 is 0 Å². The first-order valence-corrected chi connectivity index (χ1v) is 11.3. The van der Waals surface area contributed by atoms with Gasteiger partial charge in [-0.3, -0.25) is 4.79 Å². The molecule has 6 nitrogen and oxygen atoms in total. The maximum absolute atomic E-state index is 12.6. The summed E-state index contributed by atoms with van der Waals surface area (Å²) >= 11 is 0. The molecule has 0 saturated carbocycles. The summed E-state index contributed by atoms with van der Waals surface area (Å²) in [6, 6.07) is 9.18. The summed E-state index contributed by atoms with van der Waals surface area (Å²) in [6.45, 7) is 7.97. The summed E-state index contributed by atoms with van der Waals surface area (Å²) in [6.07, 6.45) is 1.11. The predicted octanol–water partition coefficient (Wildman–Crippen LogP) is 2.41. The Hall–Kier alpha value is -1.44. The zero-order valence-electron chi connectivity index (χ0n) is 16.6. The number of piperidine rings is 1. The SMILES string of the molecule is CCOCC(NC(=O)C1CCN(S(=O)(=O)Cc2ccccc2)CC1)C(C)C. The first-order valence-electron chi connectivity index (χ1n) is 9.73. The van der Waals surface area contributed by atoms with Crippen molar-refractivity contribution in [3.05, 3.63) is 35.9 Å². The summed E-state index contributed by atoms with van der Waals surface area (Å²) in [5.74, 6) is 0.158. The molecule has 2 rings (SSSR count). The molecule has 1 aromatic carbocycles. The lowest BCUT2D eigenvalue weighted by Gasteiger charge is -2.32. The van der Waals surface area contributed by atoms with Gasteiger partial charge in [0, 0.05) is 25.6 Å². The number of nitrogens with zero attached hydrogens (tertiary/aromatic N) is 1. The largest absolute Gasteiger partial charge is 0.380 e. The van der Waals surface area contributed by atoms with E-state index in [2.05, 4.69) is 19.2 Å². The lowest BCUT2D eigenvalue weighted by Crippen LogP contribution is -2.48. The van der Waals surface area contributed by atoms with Crippen LogP contribution in [0.2, 0.25) is 0 Å². The number of benzene rings is 1. The van der Waals surface area contributed by atoms with Gasteiger partial charge in [0.2, 0.25) is 15.9 Å². The van der Waals surface area contributed by atoms with Crippen molar-refractivity contribution in [1.29, 1.82) is 0 Å². The molecule has 1 N–H and O–H groups in total. The molecule has 0 bridgehead atoms. The van der Waals surface area contributed by atoms with Crippen molar-refractivity contribution in [1.82, 2.24) is 9.62 Å². The Labute approximate surface area is 163 Å². The molecule has 1 aromatic rings. The third-order valence-corrected chi connectivity index (χ3v) is 6.89. The number of hydrogen-bond acceptors (Lipinski definition) is 4. The zero-order chi connectivity index (χ0) is 19.9. The van der Waals surface area contributed by atoms with Crippen LogP contribution in [0, 0.1) is 11.8 Å². The molecule has 7 heteroatoms. The monoisotopic (exact) mass is 396 g/mol. The van der Waals surface area contributed by atoms with Crippen molar-refractivity contribution < 1.29 is 17.9 Å². The first-order chi connectivity index (χ1) is 12.8. The maximum atomic E-state index is 12.6. The summed E-state index contributed by atoms with van der Waals surface area (Å²) in [7, 11) is -3.35. The van der Waals surface area contributed by atoms with Gasteiger partial charge in [0.05, 0.1) is 18.4 Å². The highest BCUT2D eigenvalue weighted by Gasteiger charge is 2.32. The molecule has 152 valence electrons. The van der Waals surface area contributed by atoms with Crippen molar-refractivity contribution in [3.8, 4) is 0 Å². The van der Waals surface area contributed by atoms with Crippen LogP contribution < -0.4 is 5.32 Å². The van der Waals surface area contributed by atoms with E-state index in [1.54, 1.807) is 0 Å². The van der Waals surface area contributed by atoms with Gasteiger partial charge < -0.3 is 10.1 Å². The fraction of sp³-hybridized carbons (Fsp3) is 0.650. The molecule has 27 heavy (non-hydrogen) atoms. The highest BCUT2D eigenvalue weighted by molar-refractivity contribution is 7.88. The van der Waals surface area contributed by atoms with Gasteiger partial charge in [-0.1, -0.05) is 44.2 Å². The highest BCUT2D eigenvalue weighted by Crippen LogP contribution is 2.22. The Balaban J connectivity index is 1.87. The number of hydrogen-bond donors (Lipinski definition) is 1. The van der Waals surface area contributed by atoms with E-state index < -0.39 is 10.0 Å². The third-order valence-electron chi connectivity index (χ3n) is 5.04. The molecule has 1 fully saturated rings. The second kappa shape index (κ2) is 10.2. The van der Waals surface area contributed by atoms with Crippen molar-refractivity contribution >= 4 is 15.9 Å². The molecular weight excluding hydrogens is 364 g/mol. The number of ether oxygens (including phenoxy) is 1. The number of amides is 1. The lowest BCUT2D eigenvalue weighted by molar-refractivity contribution is -0.127. The Bertz CT molecular complexity index is 683. The van der Waals surface area contributed by atoms with Crippen molar-refractivity contribution in [2.45, 2.75) is 45.4 Å². The Morgan fingerprint density at radius 1 is 1.22 bits per heavy atom. The molecule has 1 amide bonds. The Morgan fingerprint density at radius 2 is 1.85 bits per heavy atom. The smallest absolute Gasteiger partial charge is 0.223 e. The maximum Gasteiger partial charge on any atom is 0.223 e. The van der Waals surface area contributed by atoms with Gasteiger partial charge in [0.1, 0.15) is 0 Å². The van der Waals surface area contributed by atoms with Crippen molar-refractivity contribution in [2.24, 2.45) is 11.8 Å². The molecule has 1 heterocycles. The van der Waals surface area contributed by atoms with E-state index in [4.69, 9.17) is 4.74 Å². The standard InChI is InChI=1S/C20H32N2O4S/c1-4-26-14-19(16(2)3)21-20(23)18-10-12-22(13-11-18)27(24,25)15-17-8-6-5-7-9-17/h5-9,16,18-19H,4,10-15H2,1-3H3,(H,21,23). The van der Waals surface area contributed by atoms with E-state index in [9.17, 15) is 13.2 Å². The van der Waals surface area contributed by atoms with Gasteiger partial charge in [0.25, 0.3) is 0 Å². The number of carbonyl (C=O) groups is 1. The quantitative estimate of drug-likeness (QED) is 0.695. The molecular formula is C20H32N2O4S. The van der Waals surface area contributed by atoms with Gasteiger partial charge in [0.15, 0.2) is 0 Å². The average Bonchev–Trinajstić information content (AvgIpc) is 2.65. The molecule has 0 aliphatic carbocycles. The summed E-state index contributed by atoms with van der Waals surface area (Å²) in [5.41, 5.74) is 0.785. The highest BCUT2D eigenvalue weighted by atomic mass is 32.2. The van der Waals surface area contributed by atoms with Gasteiger partial charge in [-0.2, -0.15) is 0 Å². The van der Waals surface area contributed by atoms with Crippen LogP contribution in [-0.4, -0.2) is 51.0 Å². The van der Waals surface area contributed by atoms with Crippen LogP contribution >= 0.6 is 0 Å². The predicted molar refractivity (Wildman–Crippen MR) is 107 cm³/mol. The van der Waals surface area contributed by atoms with Crippen LogP contribution in [0.3, 0.4) is 0 Å². The van der Waals surface area contributed by atoms with E-state index in [0.29, 0.717) is 39.1 Å². The van der Waals surface area contributed by atoms with E-state index in [0.717, 1.165) is 5.56 Å². The van der Waals surface area contributed by atoms with Crippen LogP contribution in [-0.2, 0) is 25.3 Å². The molecule has 1 aliphatic rings. The molecule has 0 aromatic heterocycles. The van der Waals surface area contributed by atoms with Gasteiger partial charge in [-0.05, 0) is 31.2 Å². The zero-order valence-corrected chi connectivity index (χ0v) is 17.4. The summed E-state index contributed by atoms with van der Waals surface area (Å²) in [4.78, 5) is 12.6.